The Kier molecular flexibility index (Phi) is 7.17. The summed E-state index contributed by atoms with van der Waals surface area (Å²) in [5.74, 6) is 0.233. The Hall–Kier alpha value is -0.330. The summed E-state index contributed by atoms with van der Waals surface area (Å²) in [7, 11) is -1.34. The second-order valence-corrected chi connectivity index (χ2v) is 7.08. The normalized spacial score (nSPS) is 21.2. The van der Waals surface area contributed by atoms with Crippen LogP contribution in [0.3, 0.4) is 0 Å². The molecule has 0 aromatic rings. The second-order valence-electron chi connectivity index (χ2n) is 4.69. The van der Waals surface area contributed by atoms with Gasteiger partial charge in [-0.25, -0.2) is 8.42 Å². The summed E-state index contributed by atoms with van der Waals surface area (Å²) in [6.07, 6.45) is 0.844. The van der Waals surface area contributed by atoms with E-state index < -0.39 is 9.84 Å². The zero-order valence-corrected chi connectivity index (χ0v) is 12.8. The summed E-state index contributed by atoms with van der Waals surface area (Å²) < 4.78 is 23.0. The number of sulfone groups is 1. The van der Waals surface area contributed by atoms with Gasteiger partial charge in [0.1, 0.15) is 0 Å². The standard InChI is InChI=1S/C11H22N2O3S.ClH/c1-4-17(15,16)8-9(2)13(3)11(14)10-5-6-12-7-10;/h9-10,12H,4-8H2,1-3H3;1H. The maximum Gasteiger partial charge on any atom is 0.227 e. The Morgan fingerprint density at radius 1 is 1.50 bits per heavy atom. The first-order chi connectivity index (χ1) is 7.87. The summed E-state index contributed by atoms with van der Waals surface area (Å²) in [6.45, 7) is 4.99. The van der Waals surface area contributed by atoms with Gasteiger partial charge in [0, 0.05) is 25.4 Å². The quantitative estimate of drug-likeness (QED) is 0.793. The summed E-state index contributed by atoms with van der Waals surface area (Å²) in [5, 5.41) is 3.14. The SMILES string of the molecule is CCS(=O)(=O)CC(C)N(C)C(=O)C1CCNC1.Cl. The molecule has 0 spiro atoms. The topological polar surface area (TPSA) is 66.5 Å². The van der Waals surface area contributed by atoms with E-state index in [-0.39, 0.29) is 41.8 Å². The number of nitrogens with one attached hydrogen (secondary N) is 1. The van der Waals surface area contributed by atoms with Crippen molar-refractivity contribution in [3.8, 4) is 0 Å². The minimum absolute atomic E-state index is 0. The molecule has 7 heteroatoms. The number of nitrogens with zero attached hydrogens (tertiary/aromatic N) is 1. The minimum Gasteiger partial charge on any atom is -0.342 e. The van der Waals surface area contributed by atoms with E-state index in [9.17, 15) is 13.2 Å². The smallest absolute Gasteiger partial charge is 0.227 e. The van der Waals surface area contributed by atoms with Crippen molar-refractivity contribution in [2.75, 3.05) is 31.6 Å². The molecule has 1 N–H and O–H groups in total. The Bertz CT molecular complexity index is 366. The average Bonchev–Trinajstić information content (AvgIpc) is 2.80. The van der Waals surface area contributed by atoms with Crippen LogP contribution in [0.15, 0.2) is 0 Å². The first-order valence-corrected chi connectivity index (χ1v) is 7.87. The van der Waals surface area contributed by atoms with E-state index in [0.717, 1.165) is 13.0 Å². The number of carbonyl (C=O) groups excluding carboxylic acids is 1. The van der Waals surface area contributed by atoms with Crippen molar-refractivity contribution in [1.29, 1.82) is 0 Å². The lowest BCUT2D eigenvalue weighted by molar-refractivity contribution is -0.134. The summed E-state index contributed by atoms with van der Waals surface area (Å²) in [6, 6.07) is -0.256. The molecule has 1 fully saturated rings. The van der Waals surface area contributed by atoms with Gasteiger partial charge in [-0.05, 0) is 19.9 Å². The van der Waals surface area contributed by atoms with Crippen LogP contribution in [0.25, 0.3) is 0 Å². The van der Waals surface area contributed by atoms with Gasteiger partial charge in [0.25, 0.3) is 0 Å². The molecule has 0 aromatic carbocycles. The second kappa shape index (κ2) is 7.31. The summed E-state index contributed by atoms with van der Waals surface area (Å²) in [4.78, 5) is 13.6. The predicted molar refractivity (Wildman–Crippen MR) is 74.8 cm³/mol. The van der Waals surface area contributed by atoms with Gasteiger partial charge in [0.15, 0.2) is 9.84 Å². The number of hydrogen-bond acceptors (Lipinski definition) is 4. The average molecular weight is 299 g/mol. The molecule has 0 radical (unpaired) electrons. The summed E-state index contributed by atoms with van der Waals surface area (Å²) >= 11 is 0. The molecule has 0 aliphatic carbocycles. The Morgan fingerprint density at radius 2 is 2.11 bits per heavy atom. The van der Waals surface area contributed by atoms with Crippen LogP contribution in [-0.4, -0.2) is 56.9 Å². The molecule has 1 amide bonds. The monoisotopic (exact) mass is 298 g/mol. The highest BCUT2D eigenvalue weighted by Crippen LogP contribution is 2.13. The third-order valence-corrected chi connectivity index (χ3v) is 5.22. The highest BCUT2D eigenvalue weighted by atomic mass is 35.5. The van der Waals surface area contributed by atoms with E-state index in [2.05, 4.69) is 5.32 Å². The van der Waals surface area contributed by atoms with Crippen molar-refractivity contribution in [2.45, 2.75) is 26.3 Å². The summed E-state index contributed by atoms with van der Waals surface area (Å²) in [5.41, 5.74) is 0. The van der Waals surface area contributed by atoms with Crippen LogP contribution < -0.4 is 5.32 Å². The molecule has 1 rings (SSSR count). The van der Waals surface area contributed by atoms with E-state index in [0.29, 0.717) is 6.54 Å². The Labute approximate surface area is 116 Å². The predicted octanol–water partition coefficient (Wildman–Crippen LogP) is 0.299. The fourth-order valence-corrected chi connectivity index (χ4v) is 3.16. The molecule has 0 aromatic heterocycles. The van der Waals surface area contributed by atoms with Gasteiger partial charge in [-0.3, -0.25) is 4.79 Å². The number of amides is 1. The van der Waals surface area contributed by atoms with Crippen molar-refractivity contribution in [3.63, 3.8) is 0 Å². The molecular formula is C11H23ClN2O3S. The maximum absolute atomic E-state index is 12.1. The third-order valence-electron chi connectivity index (χ3n) is 3.35. The van der Waals surface area contributed by atoms with Crippen molar-refractivity contribution in [2.24, 2.45) is 5.92 Å². The van der Waals surface area contributed by atoms with Crippen LogP contribution in [0.4, 0.5) is 0 Å². The zero-order chi connectivity index (χ0) is 13.1. The third kappa shape index (κ3) is 4.74. The van der Waals surface area contributed by atoms with E-state index >= 15 is 0 Å². The van der Waals surface area contributed by atoms with Crippen LogP contribution in [0, 0.1) is 5.92 Å². The Balaban J connectivity index is 0.00000289. The largest absolute Gasteiger partial charge is 0.342 e. The molecule has 18 heavy (non-hydrogen) atoms. The highest BCUT2D eigenvalue weighted by molar-refractivity contribution is 7.91. The van der Waals surface area contributed by atoms with Crippen LogP contribution in [0.5, 0.6) is 0 Å². The van der Waals surface area contributed by atoms with E-state index in [1.54, 1.807) is 25.8 Å². The van der Waals surface area contributed by atoms with E-state index in [4.69, 9.17) is 0 Å². The molecule has 0 bridgehead atoms. The number of halogens is 1. The van der Waals surface area contributed by atoms with Crippen molar-refractivity contribution in [3.05, 3.63) is 0 Å². The van der Waals surface area contributed by atoms with Crippen LogP contribution in [-0.2, 0) is 14.6 Å². The lowest BCUT2D eigenvalue weighted by Crippen LogP contribution is -2.43. The molecule has 108 valence electrons. The highest BCUT2D eigenvalue weighted by Gasteiger charge is 2.28. The molecule has 1 aliphatic heterocycles. The Morgan fingerprint density at radius 3 is 2.56 bits per heavy atom. The fourth-order valence-electron chi connectivity index (χ4n) is 1.97. The lowest BCUT2D eigenvalue weighted by Gasteiger charge is -2.27. The number of rotatable bonds is 5. The zero-order valence-electron chi connectivity index (χ0n) is 11.2. The molecule has 0 saturated carbocycles. The molecule has 1 aliphatic rings. The van der Waals surface area contributed by atoms with Gasteiger partial charge >= 0.3 is 0 Å². The van der Waals surface area contributed by atoms with Crippen molar-refractivity contribution < 1.29 is 13.2 Å². The van der Waals surface area contributed by atoms with E-state index in [1.807, 2.05) is 0 Å². The van der Waals surface area contributed by atoms with Gasteiger partial charge in [-0.2, -0.15) is 0 Å². The minimum atomic E-state index is -3.03. The van der Waals surface area contributed by atoms with Crippen LogP contribution >= 0.6 is 12.4 Å². The molecule has 1 heterocycles. The van der Waals surface area contributed by atoms with E-state index in [1.165, 1.54) is 0 Å². The number of carbonyl (C=O) groups is 1. The maximum atomic E-state index is 12.1. The molecule has 1 saturated heterocycles. The van der Waals surface area contributed by atoms with Crippen molar-refractivity contribution in [1.82, 2.24) is 10.2 Å². The van der Waals surface area contributed by atoms with Crippen LogP contribution in [0.2, 0.25) is 0 Å². The first-order valence-electron chi connectivity index (χ1n) is 6.05. The fraction of sp³-hybridized carbons (Fsp3) is 0.909. The van der Waals surface area contributed by atoms with Gasteiger partial charge < -0.3 is 10.2 Å². The van der Waals surface area contributed by atoms with Gasteiger partial charge in [0.05, 0.1) is 11.7 Å². The van der Waals surface area contributed by atoms with Crippen molar-refractivity contribution >= 4 is 28.2 Å². The molecular weight excluding hydrogens is 276 g/mol. The molecule has 5 nitrogen and oxygen atoms in total. The molecule has 2 atom stereocenters. The van der Waals surface area contributed by atoms with Gasteiger partial charge in [-0.1, -0.05) is 6.92 Å². The van der Waals surface area contributed by atoms with Gasteiger partial charge in [-0.15, -0.1) is 12.4 Å². The van der Waals surface area contributed by atoms with Gasteiger partial charge in [0.2, 0.25) is 5.91 Å². The number of hydrogen-bond donors (Lipinski definition) is 1. The van der Waals surface area contributed by atoms with Crippen LogP contribution in [0.1, 0.15) is 20.3 Å². The molecule has 2 unspecified atom stereocenters. The lowest BCUT2D eigenvalue weighted by atomic mass is 10.1. The first kappa shape index (κ1) is 17.7.